The minimum Gasteiger partial charge on any atom is -0.462 e. The molecule has 0 radical (unpaired) electrons. The van der Waals surface area contributed by atoms with Crippen LogP contribution in [0.4, 0.5) is 13.2 Å². The van der Waals surface area contributed by atoms with Gasteiger partial charge in [-0.25, -0.2) is 4.79 Å². The van der Waals surface area contributed by atoms with Gasteiger partial charge in [0.05, 0.1) is 33.7 Å². The molecule has 0 aliphatic carbocycles. The molecule has 0 aromatic heterocycles. The van der Waals surface area contributed by atoms with E-state index >= 15 is 0 Å². The van der Waals surface area contributed by atoms with Gasteiger partial charge in [0.2, 0.25) is 0 Å². The molecule has 0 unspecified atom stereocenters. The molecule has 2 aromatic carbocycles. The van der Waals surface area contributed by atoms with Crippen LogP contribution in [0, 0.1) is 0 Å². The number of hydrogen-bond donors (Lipinski definition) is 0. The molecule has 0 heterocycles. The number of alkyl halides is 3. The van der Waals surface area contributed by atoms with E-state index in [1.54, 1.807) is 19.1 Å². The van der Waals surface area contributed by atoms with Crippen molar-refractivity contribution in [1.82, 2.24) is 0 Å². The van der Waals surface area contributed by atoms with Crippen LogP contribution in [0.15, 0.2) is 40.9 Å². The summed E-state index contributed by atoms with van der Waals surface area (Å²) in [4.78, 5) is 12.1. The summed E-state index contributed by atoms with van der Waals surface area (Å²) in [5.74, 6) is -0.599. The molecule has 9 heteroatoms. The van der Waals surface area contributed by atoms with E-state index in [1.165, 1.54) is 18.2 Å². The van der Waals surface area contributed by atoms with Gasteiger partial charge in [-0.1, -0.05) is 53.0 Å². The lowest BCUT2D eigenvalue weighted by Gasteiger charge is -2.15. The Kier molecular flexibility index (Phi) is 7.85. The van der Waals surface area contributed by atoms with Crippen LogP contribution >= 0.6 is 50.7 Å². The van der Waals surface area contributed by atoms with Crippen molar-refractivity contribution >= 4 is 62.3 Å². The summed E-state index contributed by atoms with van der Waals surface area (Å²) in [6.45, 7) is 1.82. The number of benzene rings is 2. The van der Waals surface area contributed by atoms with Gasteiger partial charge in [0.25, 0.3) is 0 Å². The first-order valence-electron chi connectivity index (χ1n) is 7.93. The first-order valence-corrected chi connectivity index (χ1v) is 9.85. The van der Waals surface area contributed by atoms with Gasteiger partial charge in [-0.15, -0.1) is 0 Å². The maximum atomic E-state index is 12.9. The average Bonchev–Trinajstić information content (AvgIpc) is 2.60. The summed E-state index contributed by atoms with van der Waals surface area (Å²) in [7, 11) is 0. The summed E-state index contributed by atoms with van der Waals surface area (Å²) in [6.07, 6.45) is -4.60. The number of rotatable bonds is 5. The van der Waals surface area contributed by atoms with E-state index in [9.17, 15) is 18.0 Å². The van der Waals surface area contributed by atoms with Crippen LogP contribution in [0.3, 0.4) is 0 Å². The van der Waals surface area contributed by atoms with E-state index in [0.717, 1.165) is 6.08 Å². The molecular weight excluding hydrogens is 503 g/mol. The fourth-order valence-electron chi connectivity index (χ4n) is 2.42. The maximum Gasteiger partial charge on any atom is 0.392 e. The second-order valence-corrected chi connectivity index (χ2v) is 7.56. The van der Waals surface area contributed by atoms with E-state index in [2.05, 4.69) is 15.9 Å². The van der Waals surface area contributed by atoms with Gasteiger partial charge in [-0.05, 0) is 57.8 Å². The average molecular weight is 517 g/mol. The number of halogens is 7. The molecule has 0 saturated heterocycles. The molecule has 28 heavy (non-hydrogen) atoms. The van der Waals surface area contributed by atoms with Crippen molar-refractivity contribution in [1.29, 1.82) is 0 Å². The van der Waals surface area contributed by atoms with Crippen molar-refractivity contribution in [3.63, 3.8) is 0 Å². The molecule has 2 aromatic rings. The number of hydrogen-bond acceptors (Lipinski definition) is 2. The molecule has 0 saturated carbocycles. The quantitative estimate of drug-likeness (QED) is 0.298. The van der Waals surface area contributed by atoms with Crippen LogP contribution in [-0.2, 0) is 4.74 Å². The SMILES string of the molecule is CCOC(=O)c1cccc(/C(=C/CC(F)(F)F)c2cc(Cl)c(Cl)c(Cl)c2)c1Br. The molecule has 2 rings (SSSR count). The predicted octanol–water partition coefficient (Wildman–Crippen LogP) is 7.97. The minimum absolute atomic E-state index is 0.0970. The Hall–Kier alpha value is -1.21. The highest BCUT2D eigenvalue weighted by atomic mass is 79.9. The Morgan fingerprint density at radius 2 is 1.71 bits per heavy atom. The zero-order chi connectivity index (χ0) is 21.1. The van der Waals surface area contributed by atoms with Gasteiger partial charge < -0.3 is 4.74 Å². The number of carbonyl (C=O) groups excluding carboxylic acids is 1. The third-order valence-corrected chi connectivity index (χ3v) is 5.67. The Balaban J connectivity index is 2.68. The molecule has 0 amide bonds. The zero-order valence-electron chi connectivity index (χ0n) is 14.3. The first kappa shape index (κ1) is 23.1. The molecule has 0 atom stereocenters. The molecule has 0 aliphatic heterocycles. The van der Waals surface area contributed by atoms with E-state index in [4.69, 9.17) is 39.5 Å². The monoisotopic (exact) mass is 514 g/mol. The van der Waals surface area contributed by atoms with E-state index in [-0.39, 0.29) is 32.8 Å². The van der Waals surface area contributed by atoms with Gasteiger partial charge in [0, 0.05) is 4.47 Å². The summed E-state index contributed by atoms with van der Waals surface area (Å²) in [5, 5.41) is 0.293. The van der Waals surface area contributed by atoms with E-state index < -0.39 is 18.6 Å². The largest absolute Gasteiger partial charge is 0.462 e. The van der Waals surface area contributed by atoms with Crippen LogP contribution in [0.25, 0.3) is 5.57 Å². The zero-order valence-corrected chi connectivity index (χ0v) is 18.2. The van der Waals surface area contributed by atoms with Gasteiger partial charge in [0.1, 0.15) is 0 Å². The lowest BCUT2D eigenvalue weighted by atomic mass is 9.95. The van der Waals surface area contributed by atoms with Crippen molar-refractivity contribution < 1.29 is 22.7 Å². The van der Waals surface area contributed by atoms with Gasteiger partial charge in [-0.3, -0.25) is 0 Å². The first-order chi connectivity index (χ1) is 13.0. The third kappa shape index (κ3) is 5.66. The summed E-state index contributed by atoms with van der Waals surface area (Å²) >= 11 is 21.4. The summed E-state index contributed by atoms with van der Waals surface area (Å²) < 4.78 is 43.9. The van der Waals surface area contributed by atoms with Crippen molar-refractivity contribution in [3.05, 3.63) is 72.6 Å². The highest BCUT2D eigenvalue weighted by Crippen LogP contribution is 2.39. The van der Waals surface area contributed by atoms with Crippen molar-refractivity contribution in [3.8, 4) is 0 Å². The lowest BCUT2D eigenvalue weighted by Crippen LogP contribution is -2.08. The smallest absolute Gasteiger partial charge is 0.392 e. The molecule has 0 fully saturated rings. The van der Waals surface area contributed by atoms with Gasteiger partial charge in [-0.2, -0.15) is 13.2 Å². The standard InChI is InChI=1S/C19H13BrCl3F3O2/c1-2-28-18(27)13-5-3-4-12(16(13)20)11(6-7-19(24,25)26)10-8-14(21)17(23)15(22)9-10/h3-6,8-9H,2,7H2,1H3/b11-6+. The number of allylic oxidation sites excluding steroid dienone is 1. The van der Waals surface area contributed by atoms with Crippen molar-refractivity contribution in [2.45, 2.75) is 19.5 Å². The normalized spacial score (nSPS) is 12.2. The Morgan fingerprint density at radius 1 is 1.14 bits per heavy atom. The highest BCUT2D eigenvalue weighted by molar-refractivity contribution is 9.10. The maximum absolute atomic E-state index is 12.9. The molecule has 0 spiro atoms. The van der Waals surface area contributed by atoms with Crippen LogP contribution in [0.1, 0.15) is 34.8 Å². The lowest BCUT2D eigenvalue weighted by molar-refractivity contribution is -0.124. The predicted molar refractivity (Wildman–Crippen MR) is 109 cm³/mol. The molecule has 0 bridgehead atoms. The summed E-state index contributed by atoms with van der Waals surface area (Å²) in [6, 6.07) is 7.47. The van der Waals surface area contributed by atoms with Gasteiger partial charge in [0.15, 0.2) is 0 Å². The fraction of sp³-hybridized carbons (Fsp3) is 0.211. The second kappa shape index (κ2) is 9.53. The second-order valence-electron chi connectivity index (χ2n) is 5.58. The number of carbonyl (C=O) groups is 1. The van der Waals surface area contributed by atoms with Crippen LogP contribution < -0.4 is 0 Å². The highest BCUT2D eigenvalue weighted by Gasteiger charge is 2.27. The van der Waals surface area contributed by atoms with Crippen LogP contribution in [-0.4, -0.2) is 18.8 Å². The van der Waals surface area contributed by atoms with Gasteiger partial charge >= 0.3 is 12.1 Å². The Bertz CT molecular complexity index is 904. The van der Waals surface area contributed by atoms with Crippen molar-refractivity contribution in [2.24, 2.45) is 0 Å². The fourth-order valence-corrected chi connectivity index (χ4v) is 3.65. The molecule has 150 valence electrons. The molecule has 0 aliphatic rings. The van der Waals surface area contributed by atoms with Crippen LogP contribution in [0.5, 0.6) is 0 Å². The van der Waals surface area contributed by atoms with Crippen molar-refractivity contribution in [2.75, 3.05) is 6.61 Å². The van der Waals surface area contributed by atoms with E-state index in [0.29, 0.717) is 15.6 Å². The van der Waals surface area contributed by atoms with E-state index in [1.807, 2.05) is 0 Å². The topological polar surface area (TPSA) is 26.3 Å². The summed E-state index contributed by atoms with van der Waals surface area (Å²) in [5.41, 5.74) is 1.05. The number of ether oxygens (including phenoxy) is 1. The molecular formula is C19H13BrCl3F3O2. The minimum atomic E-state index is -4.42. The molecule has 2 nitrogen and oxygen atoms in total. The van der Waals surface area contributed by atoms with Crippen LogP contribution in [0.2, 0.25) is 15.1 Å². The third-order valence-electron chi connectivity index (χ3n) is 3.62. The Morgan fingerprint density at radius 3 is 2.25 bits per heavy atom. The molecule has 0 N–H and O–H groups in total. The number of esters is 1. The Labute approximate surface area is 183 Å².